The van der Waals surface area contributed by atoms with Gasteiger partial charge in [-0.1, -0.05) is 6.07 Å². The van der Waals surface area contributed by atoms with E-state index in [0.717, 1.165) is 20.3 Å². The monoisotopic (exact) mass is 398 g/mol. The normalized spacial score (nSPS) is 13.1. The maximum Gasteiger partial charge on any atom is 0.163 e. The van der Waals surface area contributed by atoms with Gasteiger partial charge in [0, 0.05) is 21.1 Å². The number of hydrogen-bond donors (Lipinski definition) is 2. The van der Waals surface area contributed by atoms with Crippen molar-refractivity contribution >= 4 is 48.9 Å². The molecule has 0 spiro atoms. The van der Waals surface area contributed by atoms with Crippen molar-refractivity contribution in [2.75, 3.05) is 24.3 Å². The lowest BCUT2D eigenvalue weighted by molar-refractivity contribution is 0.172. The fourth-order valence-corrected chi connectivity index (χ4v) is 3.16. The molecule has 2 aromatic rings. The maximum absolute atomic E-state index is 6.06. The molecule has 4 nitrogen and oxygen atoms in total. The second-order valence-corrected chi connectivity index (χ2v) is 6.01. The summed E-state index contributed by atoms with van der Waals surface area (Å²) in [6.07, 6.45) is 0. The summed E-state index contributed by atoms with van der Waals surface area (Å²) in [7, 11) is 0. The van der Waals surface area contributed by atoms with Gasteiger partial charge in [0.15, 0.2) is 11.5 Å². The topological polar surface area (TPSA) is 56.5 Å². The largest absolute Gasteiger partial charge is 0.486 e. The Morgan fingerprint density at radius 2 is 1.60 bits per heavy atom. The average molecular weight is 400 g/mol. The van der Waals surface area contributed by atoms with Crippen molar-refractivity contribution in [1.29, 1.82) is 0 Å². The Morgan fingerprint density at radius 3 is 2.25 bits per heavy atom. The smallest absolute Gasteiger partial charge is 0.163 e. The van der Waals surface area contributed by atoms with Gasteiger partial charge in [0.05, 0.1) is 17.1 Å². The third-order valence-electron chi connectivity index (χ3n) is 2.94. The third-order valence-corrected chi connectivity index (χ3v) is 4.26. The molecular weight excluding hydrogens is 388 g/mol. The SMILES string of the molecule is Nc1cc2c(cc1Nc1c(Br)cccc1Br)OCCO2. The van der Waals surface area contributed by atoms with Crippen LogP contribution in [-0.2, 0) is 0 Å². The number of anilines is 3. The molecule has 1 heterocycles. The molecule has 0 radical (unpaired) electrons. The Hall–Kier alpha value is -1.40. The van der Waals surface area contributed by atoms with Gasteiger partial charge in [-0.05, 0) is 44.0 Å². The predicted octanol–water partition coefficient (Wildman–Crippen LogP) is 4.31. The summed E-state index contributed by atoms with van der Waals surface area (Å²) in [4.78, 5) is 0. The van der Waals surface area contributed by atoms with Gasteiger partial charge in [0.2, 0.25) is 0 Å². The van der Waals surface area contributed by atoms with Gasteiger partial charge in [-0.3, -0.25) is 0 Å². The van der Waals surface area contributed by atoms with Crippen LogP contribution in [0.1, 0.15) is 0 Å². The van der Waals surface area contributed by atoms with Crippen molar-refractivity contribution in [1.82, 2.24) is 0 Å². The van der Waals surface area contributed by atoms with Crippen LogP contribution in [0.2, 0.25) is 0 Å². The van der Waals surface area contributed by atoms with Crippen molar-refractivity contribution in [3.8, 4) is 11.5 Å². The molecule has 0 saturated carbocycles. The fourth-order valence-electron chi connectivity index (χ4n) is 1.96. The molecule has 0 bridgehead atoms. The minimum absolute atomic E-state index is 0.551. The van der Waals surface area contributed by atoms with E-state index in [4.69, 9.17) is 15.2 Å². The van der Waals surface area contributed by atoms with E-state index in [1.54, 1.807) is 6.07 Å². The summed E-state index contributed by atoms with van der Waals surface area (Å²) < 4.78 is 13.0. The Morgan fingerprint density at radius 1 is 1.00 bits per heavy atom. The molecule has 0 saturated heterocycles. The van der Waals surface area contributed by atoms with E-state index in [-0.39, 0.29) is 0 Å². The quantitative estimate of drug-likeness (QED) is 0.738. The average Bonchev–Trinajstić information content (AvgIpc) is 2.43. The molecule has 0 aromatic heterocycles. The van der Waals surface area contributed by atoms with Crippen LogP contribution in [0.3, 0.4) is 0 Å². The molecule has 0 unspecified atom stereocenters. The second-order valence-electron chi connectivity index (χ2n) is 4.30. The fraction of sp³-hybridized carbons (Fsp3) is 0.143. The van der Waals surface area contributed by atoms with Gasteiger partial charge >= 0.3 is 0 Å². The second kappa shape index (κ2) is 5.54. The van der Waals surface area contributed by atoms with Crippen LogP contribution < -0.4 is 20.5 Å². The molecule has 6 heteroatoms. The number of benzene rings is 2. The first kappa shape index (κ1) is 13.6. The van der Waals surface area contributed by atoms with Crippen molar-refractivity contribution in [3.63, 3.8) is 0 Å². The maximum atomic E-state index is 6.06. The first-order chi connectivity index (χ1) is 9.65. The lowest BCUT2D eigenvalue weighted by Gasteiger charge is -2.21. The molecular formula is C14H12Br2N2O2. The number of halogens is 2. The summed E-state index contributed by atoms with van der Waals surface area (Å²) in [6.45, 7) is 1.10. The lowest BCUT2D eigenvalue weighted by Crippen LogP contribution is -2.15. The van der Waals surface area contributed by atoms with Gasteiger partial charge in [0.25, 0.3) is 0 Å². The number of ether oxygens (including phenoxy) is 2. The van der Waals surface area contributed by atoms with Gasteiger partial charge < -0.3 is 20.5 Å². The summed E-state index contributed by atoms with van der Waals surface area (Å²) in [5, 5.41) is 3.30. The highest BCUT2D eigenvalue weighted by molar-refractivity contribution is 9.11. The highest BCUT2D eigenvalue weighted by Crippen LogP contribution is 2.40. The number of nitrogens with two attached hydrogens (primary N) is 1. The molecule has 3 N–H and O–H groups in total. The zero-order valence-electron chi connectivity index (χ0n) is 10.5. The minimum atomic E-state index is 0.551. The van der Waals surface area contributed by atoms with E-state index in [9.17, 15) is 0 Å². The molecule has 104 valence electrons. The molecule has 0 atom stereocenters. The van der Waals surface area contributed by atoms with Crippen LogP contribution in [0.5, 0.6) is 11.5 Å². The van der Waals surface area contributed by atoms with E-state index in [1.807, 2.05) is 24.3 Å². The van der Waals surface area contributed by atoms with E-state index >= 15 is 0 Å². The molecule has 2 aromatic carbocycles. The number of nitrogens with one attached hydrogen (secondary N) is 1. The minimum Gasteiger partial charge on any atom is -0.486 e. The van der Waals surface area contributed by atoms with Crippen LogP contribution in [0.4, 0.5) is 17.1 Å². The van der Waals surface area contributed by atoms with Crippen LogP contribution >= 0.6 is 31.9 Å². The molecule has 0 amide bonds. The predicted molar refractivity (Wildman–Crippen MR) is 87.0 cm³/mol. The van der Waals surface area contributed by atoms with Crippen LogP contribution in [-0.4, -0.2) is 13.2 Å². The first-order valence-electron chi connectivity index (χ1n) is 6.05. The zero-order chi connectivity index (χ0) is 14.1. The number of nitrogen functional groups attached to an aromatic ring is 1. The lowest BCUT2D eigenvalue weighted by atomic mass is 10.2. The van der Waals surface area contributed by atoms with Crippen LogP contribution in [0.15, 0.2) is 39.3 Å². The van der Waals surface area contributed by atoms with Gasteiger partial charge in [-0.15, -0.1) is 0 Å². The number of hydrogen-bond acceptors (Lipinski definition) is 4. The van der Waals surface area contributed by atoms with Crippen molar-refractivity contribution in [3.05, 3.63) is 39.3 Å². The molecule has 1 aliphatic heterocycles. The van der Waals surface area contributed by atoms with Gasteiger partial charge in [0.1, 0.15) is 13.2 Å². The van der Waals surface area contributed by atoms with Crippen LogP contribution in [0, 0.1) is 0 Å². The Labute approximate surface area is 133 Å². The third kappa shape index (κ3) is 2.58. The molecule has 0 aliphatic carbocycles. The summed E-state index contributed by atoms with van der Waals surface area (Å²) in [6, 6.07) is 9.51. The van der Waals surface area contributed by atoms with E-state index < -0.39 is 0 Å². The van der Waals surface area contributed by atoms with E-state index in [0.29, 0.717) is 30.4 Å². The van der Waals surface area contributed by atoms with Gasteiger partial charge in [-0.2, -0.15) is 0 Å². The van der Waals surface area contributed by atoms with Crippen LogP contribution in [0.25, 0.3) is 0 Å². The van der Waals surface area contributed by atoms with E-state index in [1.165, 1.54) is 0 Å². The molecule has 1 aliphatic rings. The Bertz CT molecular complexity index is 642. The van der Waals surface area contributed by atoms with E-state index in [2.05, 4.69) is 37.2 Å². The Balaban J connectivity index is 1.98. The van der Waals surface area contributed by atoms with Gasteiger partial charge in [-0.25, -0.2) is 0 Å². The molecule has 3 rings (SSSR count). The summed E-state index contributed by atoms with van der Waals surface area (Å²) in [5.41, 5.74) is 8.36. The summed E-state index contributed by atoms with van der Waals surface area (Å²) in [5.74, 6) is 1.39. The van der Waals surface area contributed by atoms with Crippen molar-refractivity contribution < 1.29 is 9.47 Å². The standard InChI is InChI=1S/C14H12Br2N2O2/c15-8-2-1-3-9(16)14(8)18-11-7-13-12(6-10(11)17)19-4-5-20-13/h1-3,6-7,18H,4-5,17H2. The highest BCUT2D eigenvalue weighted by atomic mass is 79.9. The molecule has 0 fully saturated rings. The molecule has 20 heavy (non-hydrogen) atoms. The zero-order valence-corrected chi connectivity index (χ0v) is 13.6. The van der Waals surface area contributed by atoms with Crippen molar-refractivity contribution in [2.24, 2.45) is 0 Å². The first-order valence-corrected chi connectivity index (χ1v) is 7.64. The summed E-state index contributed by atoms with van der Waals surface area (Å²) >= 11 is 7.03. The Kier molecular flexibility index (Phi) is 3.76. The number of rotatable bonds is 2. The highest BCUT2D eigenvalue weighted by Gasteiger charge is 2.15. The number of fused-ring (bicyclic) bond motifs is 1. The van der Waals surface area contributed by atoms with Crippen molar-refractivity contribution in [2.45, 2.75) is 0 Å². The number of para-hydroxylation sites is 1.